The number of benzene rings is 1. The van der Waals surface area contributed by atoms with Crippen LogP contribution in [0.4, 0.5) is 0 Å². The SMILES string of the molecule is COc1ccc(C2CCCCN(C(=O)c3c(C)nc4ccccn34)C2)cc1. The van der Waals surface area contributed by atoms with Crippen LogP contribution in [0.2, 0.25) is 0 Å². The summed E-state index contributed by atoms with van der Waals surface area (Å²) < 4.78 is 7.18. The highest BCUT2D eigenvalue weighted by atomic mass is 16.5. The largest absolute Gasteiger partial charge is 0.497 e. The van der Waals surface area contributed by atoms with Gasteiger partial charge in [-0.25, -0.2) is 4.98 Å². The van der Waals surface area contributed by atoms with Crippen LogP contribution in [0.3, 0.4) is 0 Å². The highest BCUT2D eigenvalue weighted by Crippen LogP contribution is 2.29. The summed E-state index contributed by atoms with van der Waals surface area (Å²) in [6.07, 6.45) is 5.18. The molecule has 3 heterocycles. The van der Waals surface area contributed by atoms with E-state index < -0.39 is 0 Å². The average molecular weight is 363 g/mol. The zero-order chi connectivity index (χ0) is 18.8. The molecule has 0 saturated carbocycles. The minimum atomic E-state index is 0.0756. The second kappa shape index (κ2) is 7.43. The first kappa shape index (κ1) is 17.6. The van der Waals surface area contributed by atoms with E-state index in [1.54, 1.807) is 7.11 Å². The number of fused-ring (bicyclic) bond motifs is 1. The molecular weight excluding hydrogens is 338 g/mol. The summed E-state index contributed by atoms with van der Waals surface area (Å²) in [5.41, 5.74) is 3.56. The summed E-state index contributed by atoms with van der Waals surface area (Å²) in [7, 11) is 1.68. The van der Waals surface area contributed by atoms with Crippen molar-refractivity contribution in [1.29, 1.82) is 0 Å². The Kier molecular flexibility index (Phi) is 4.84. The molecule has 0 N–H and O–H groups in total. The quantitative estimate of drug-likeness (QED) is 0.705. The first-order valence-corrected chi connectivity index (χ1v) is 9.54. The lowest BCUT2D eigenvalue weighted by molar-refractivity contribution is 0.0746. The van der Waals surface area contributed by atoms with Crippen LogP contribution >= 0.6 is 0 Å². The van der Waals surface area contributed by atoms with Crippen LogP contribution in [-0.2, 0) is 0 Å². The van der Waals surface area contributed by atoms with Gasteiger partial charge in [-0.15, -0.1) is 0 Å². The molecule has 0 bridgehead atoms. The number of aryl methyl sites for hydroxylation is 1. The Labute approximate surface area is 159 Å². The first-order valence-electron chi connectivity index (χ1n) is 9.54. The molecule has 5 nitrogen and oxygen atoms in total. The lowest BCUT2D eigenvalue weighted by Crippen LogP contribution is -2.35. The maximum Gasteiger partial charge on any atom is 0.272 e. The van der Waals surface area contributed by atoms with Crippen LogP contribution in [0, 0.1) is 6.92 Å². The average Bonchev–Trinajstić information content (AvgIpc) is 2.87. The van der Waals surface area contributed by atoms with Gasteiger partial charge in [0.2, 0.25) is 0 Å². The molecule has 0 radical (unpaired) electrons. The van der Waals surface area contributed by atoms with Gasteiger partial charge in [-0.05, 0) is 49.6 Å². The second-order valence-corrected chi connectivity index (χ2v) is 7.19. The number of carbonyl (C=O) groups excluding carboxylic acids is 1. The summed E-state index contributed by atoms with van der Waals surface area (Å²) in [5.74, 6) is 1.29. The molecule has 1 saturated heterocycles. The summed E-state index contributed by atoms with van der Waals surface area (Å²) >= 11 is 0. The zero-order valence-corrected chi connectivity index (χ0v) is 15.9. The van der Waals surface area contributed by atoms with Gasteiger partial charge in [0.15, 0.2) is 0 Å². The van der Waals surface area contributed by atoms with Crippen molar-refractivity contribution in [2.24, 2.45) is 0 Å². The van der Waals surface area contributed by atoms with E-state index in [4.69, 9.17) is 4.74 Å². The molecule has 1 fully saturated rings. The van der Waals surface area contributed by atoms with Crippen molar-refractivity contribution in [3.05, 3.63) is 65.6 Å². The summed E-state index contributed by atoms with van der Waals surface area (Å²) in [6, 6.07) is 14.1. The number of aromatic nitrogens is 2. The Bertz CT molecular complexity index is 946. The Balaban J connectivity index is 1.61. The number of hydrogen-bond acceptors (Lipinski definition) is 3. The number of carbonyl (C=O) groups is 1. The third-order valence-corrected chi connectivity index (χ3v) is 5.45. The topological polar surface area (TPSA) is 46.8 Å². The molecule has 140 valence electrons. The van der Waals surface area contributed by atoms with E-state index >= 15 is 0 Å². The van der Waals surface area contributed by atoms with E-state index in [9.17, 15) is 4.79 Å². The maximum absolute atomic E-state index is 13.4. The van der Waals surface area contributed by atoms with Crippen LogP contribution in [0.15, 0.2) is 48.7 Å². The Hall–Kier alpha value is -2.82. The molecular formula is C22H25N3O2. The number of hydrogen-bond donors (Lipinski definition) is 0. The monoisotopic (exact) mass is 363 g/mol. The van der Waals surface area contributed by atoms with E-state index in [0.717, 1.165) is 49.4 Å². The Morgan fingerprint density at radius 1 is 1.15 bits per heavy atom. The fourth-order valence-electron chi connectivity index (χ4n) is 4.00. The molecule has 1 amide bonds. The van der Waals surface area contributed by atoms with Crippen molar-refractivity contribution in [3.8, 4) is 5.75 Å². The van der Waals surface area contributed by atoms with E-state index in [0.29, 0.717) is 11.6 Å². The number of amides is 1. The zero-order valence-electron chi connectivity index (χ0n) is 15.9. The highest BCUT2D eigenvalue weighted by Gasteiger charge is 2.27. The number of nitrogens with zero attached hydrogens (tertiary/aromatic N) is 3. The number of rotatable bonds is 3. The molecule has 2 aromatic heterocycles. The molecule has 1 atom stereocenters. The van der Waals surface area contributed by atoms with Gasteiger partial charge in [0.05, 0.1) is 12.8 Å². The van der Waals surface area contributed by atoms with Gasteiger partial charge >= 0.3 is 0 Å². The predicted molar refractivity (Wildman–Crippen MR) is 105 cm³/mol. The minimum Gasteiger partial charge on any atom is -0.497 e. The number of imidazole rings is 1. The Morgan fingerprint density at radius 2 is 1.96 bits per heavy atom. The normalized spacial score (nSPS) is 17.7. The third kappa shape index (κ3) is 3.42. The van der Waals surface area contributed by atoms with Crippen molar-refractivity contribution in [3.63, 3.8) is 0 Å². The number of likely N-dealkylation sites (tertiary alicyclic amines) is 1. The van der Waals surface area contributed by atoms with E-state index in [2.05, 4.69) is 17.1 Å². The fourth-order valence-corrected chi connectivity index (χ4v) is 4.00. The number of methoxy groups -OCH3 is 1. The molecule has 1 aliphatic heterocycles. The first-order chi connectivity index (χ1) is 13.2. The van der Waals surface area contributed by atoms with Gasteiger partial charge in [0.1, 0.15) is 17.1 Å². The van der Waals surface area contributed by atoms with Gasteiger partial charge in [-0.2, -0.15) is 0 Å². The summed E-state index contributed by atoms with van der Waals surface area (Å²) in [4.78, 5) is 19.9. The van der Waals surface area contributed by atoms with Crippen LogP contribution in [0.5, 0.6) is 5.75 Å². The van der Waals surface area contributed by atoms with Crippen molar-refractivity contribution < 1.29 is 9.53 Å². The van der Waals surface area contributed by atoms with Crippen LogP contribution in [0.25, 0.3) is 5.65 Å². The summed E-state index contributed by atoms with van der Waals surface area (Å²) in [6.45, 7) is 3.45. The molecule has 1 aliphatic rings. The number of ether oxygens (including phenoxy) is 1. The van der Waals surface area contributed by atoms with Gasteiger partial charge in [0.25, 0.3) is 5.91 Å². The molecule has 0 aliphatic carbocycles. The van der Waals surface area contributed by atoms with Crippen LogP contribution in [-0.4, -0.2) is 40.4 Å². The van der Waals surface area contributed by atoms with Crippen molar-refractivity contribution in [2.75, 3.05) is 20.2 Å². The molecule has 3 aromatic rings. The van der Waals surface area contributed by atoms with Crippen LogP contribution in [0.1, 0.15) is 46.9 Å². The smallest absolute Gasteiger partial charge is 0.272 e. The highest BCUT2D eigenvalue weighted by molar-refractivity contribution is 5.94. The Morgan fingerprint density at radius 3 is 2.74 bits per heavy atom. The third-order valence-electron chi connectivity index (χ3n) is 5.45. The van der Waals surface area contributed by atoms with Gasteiger partial charge in [0, 0.05) is 25.2 Å². The molecule has 5 heteroatoms. The number of pyridine rings is 1. The molecule has 0 spiro atoms. The fraction of sp³-hybridized carbons (Fsp3) is 0.364. The minimum absolute atomic E-state index is 0.0756. The van der Waals surface area contributed by atoms with E-state index in [-0.39, 0.29) is 5.91 Å². The van der Waals surface area contributed by atoms with Crippen molar-refractivity contribution in [1.82, 2.24) is 14.3 Å². The van der Waals surface area contributed by atoms with E-state index in [1.807, 2.05) is 52.8 Å². The second-order valence-electron chi connectivity index (χ2n) is 7.19. The molecule has 1 aromatic carbocycles. The maximum atomic E-state index is 13.4. The van der Waals surface area contributed by atoms with E-state index in [1.165, 1.54) is 5.56 Å². The molecule has 1 unspecified atom stereocenters. The van der Waals surface area contributed by atoms with Crippen LogP contribution < -0.4 is 4.74 Å². The standard InChI is InChI=1S/C22H25N3O2/c1-16-21(25-14-6-4-8-20(25)23-16)22(26)24-13-5-3-7-18(15-24)17-9-11-19(27-2)12-10-17/h4,6,8-12,14,18H,3,5,7,13,15H2,1-2H3. The van der Waals surface area contributed by atoms with Gasteiger partial charge in [-0.3, -0.25) is 9.20 Å². The van der Waals surface area contributed by atoms with Gasteiger partial charge in [-0.1, -0.05) is 24.6 Å². The molecule has 27 heavy (non-hydrogen) atoms. The lowest BCUT2D eigenvalue weighted by Gasteiger charge is -2.25. The lowest BCUT2D eigenvalue weighted by atomic mass is 9.94. The molecule has 4 rings (SSSR count). The van der Waals surface area contributed by atoms with Gasteiger partial charge < -0.3 is 9.64 Å². The van der Waals surface area contributed by atoms with Crippen molar-refractivity contribution in [2.45, 2.75) is 32.1 Å². The summed E-state index contributed by atoms with van der Waals surface area (Å²) in [5, 5.41) is 0. The van der Waals surface area contributed by atoms with Crippen molar-refractivity contribution >= 4 is 11.6 Å². The predicted octanol–water partition coefficient (Wildman–Crippen LogP) is 4.06.